The monoisotopic (exact) mass is 345 g/mol. The minimum Gasteiger partial charge on any atom is -0.325 e. The van der Waals surface area contributed by atoms with Gasteiger partial charge in [0.1, 0.15) is 0 Å². The average Bonchev–Trinajstić information content (AvgIpc) is 2.42. The van der Waals surface area contributed by atoms with Crippen LogP contribution in [0.1, 0.15) is 33.1 Å². The lowest BCUT2D eigenvalue weighted by Gasteiger charge is -2.33. The quantitative estimate of drug-likeness (QED) is 0.787. The Bertz CT molecular complexity index is 558. The molecule has 1 saturated heterocycles. The summed E-state index contributed by atoms with van der Waals surface area (Å²) in [4.78, 5) is 23.4. The van der Waals surface area contributed by atoms with Crippen LogP contribution in [0.2, 0.25) is 5.02 Å². The molecular weight excluding hydrogens is 325 g/mol. The van der Waals surface area contributed by atoms with Crippen LogP contribution in [0.4, 0.5) is 11.4 Å². The molecule has 0 radical (unpaired) electrons. The average molecular weight is 346 g/mol. The van der Waals surface area contributed by atoms with Gasteiger partial charge >= 0.3 is 0 Å². The summed E-state index contributed by atoms with van der Waals surface area (Å²) in [7, 11) is 0. The Morgan fingerprint density at radius 3 is 2.55 bits per heavy atom. The fraction of sp³-hybridized carbons (Fsp3) is 0.467. The number of nitrogens with one attached hydrogen (secondary N) is 3. The van der Waals surface area contributed by atoms with E-state index in [1.165, 1.54) is 6.92 Å². The molecule has 1 aliphatic heterocycles. The highest BCUT2D eigenvalue weighted by atomic mass is 35.5. The van der Waals surface area contributed by atoms with Crippen molar-refractivity contribution in [3.8, 4) is 0 Å². The van der Waals surface area contributed by atoms with E-state index in [1.807, 2.05) is 6.92 Å². The number of rotatable bonds is 3. The molecular formula is C15H21Cl2N3O2. The largest absolute Gasteiger partial charge is 0.325 e. The van der Waals surface area contributed by atoms with E-state index in [-0.39, 0.29) is 24.2 Å². The molecule has 7 heteroatoms. The van der Waals surface area contributed by atoms with Crippen LogP contribution in [-0.4, -0.2) is 23.9 Å². The third-order valence-electron chi connectivity index (χ3n) is 3.66. The van der Waals surface area contributed by atoms with E-state index in [1.54, 1.807) is 18.2 Å². The van der Waals surface area contributed by atoms with Gasteiger partial charge in [-0.1, -0.05) is 11.6 Å². The van der Waals surface area contributed by atoms with Crippen LogP contribution >= 0.6 is 24.0 Å². The fourth-order valence-corrected chi connectivity index (χ4v) is 2.63. The third-order valence-corrected chi connectivity index (χ3v) is 3.97. The van der Waals surface area contributed by atoms with Crippen LogP contribution in [0.3, 0.4) is 0 Å². The normalized spacial score (nSPS) is 20.7. The van der Waals surface area contributed by atoms with Crippen LogP contribution in [0.5, 0.6) is 0 Å². The third kappa shape index (κ3) is 4.60. The van der Waals surface area contributed by atoms with E-state index in [0.717, 1.165) is 25.8 Å². The summed E-state index contributed by atoms with van der Waals surface area (Å²) in [5, 5.41) is 9.16. The van der Waals surface area contributed by atoms with E-state index in [9.17, 15) is 9.59 Å². The lowest BCUT2D eigenvalue weighted by Crippen LogP contribution is -2.54. The summed E-state index contributed by atoms with van der Waals surface area (Å²) in [6.45, 7) is 4.18. The molecule has 1 unspecified atom stereocenters. The Morgan fingerprint density at radius 1 is 1.27 bits per heavy atom. The van der Waals surface area contributed by atoms with Crippen LogP contribution in [0.15, 0.2) is 18.2 Å². The number of carbonyl (C=O) groups is 2. The molecule has 1 aliphatic rings. The number of amides is 2. The van der Waals surface area contributed by atoms with E-state index in [4.69, 9.17) is 11.6 Å². The number of hydrogen-bond acceptors (Lipinski definition) is 3. The van der Waals surface area contributed by atoms with E-state index >= 15 is 0 Å². The first-order valence-corrected chi connectivity index (χ1v) is 7.42. The lowest BCUT2D eigenvalue weighted by atomic mass is 9.90. The summed E-state index contributed by atoms with van der Waals surface area (Å²) in [6.07, 6.45) is 2.95. The van der Waals surface area contributed by atoms with Gasteiger partial charge in [-0.15, -0.1) is 12.4 Å². The van der Waals surface area contributed by atoms with Gasteiger partial charge in [-0.25, -0.2) is 0 Å². The van der Waals surface area contributed by atoms with Gasteiger partial charge in [0.05, 0.1) is 16.2 Å². The minimum atomic E-state index is -0.541. The van der Waals surface area contributed by atoms with Crippen molar-refractivity contribution in [2.24, 2.45) is 0 Å². The summed E-state index contributed by atoms with van der Waals surface area (Å²) in [5.74, 6) is -0.252. The molecule has 0 bridgehead atoms. The van der Waals surface area contributed by atoms with Gasteiger partial charge in [0.2, 0.25) is 11.8 Å². The van der Waals surface area contributed by atoms with Crippen LogP contribution < -0.4 is 16.0 Å². The Hall–Kier alpha value is -1.30. The predicted molar refractivity (Wildman–Crippen MR) is 91.9 cm³/mol. The Kier molecular flexibility index (Phi) is 6.66. The Balaban J connectivity index is 0.00000242. The number of anilines is 2. The molecule has 122 valence electrons. The smallest absolute Gasteiger partial charge is 0.244 e. The highest BCUT2D eigenvalue weighted by Crippen LogP contribution is 2.27. The van der Waals surface area contributed by atoms with Crippen molar-refractivity contribution in [3.05, 3.63) is 23.2 Å². The molecule has 3 N–H and O–H groups in total. The standard InChI is InChI=1S/C15H20ClN3O2.ClH/c1-10(20)18-13-6-5-11(9-12(13)16)19-14(21)15(2)7-3-4-8-17-15;/h5-6,9,17H,3-4,7-8H2,1-2H3,(H,18,20)(H,19,21);1H. The molecule has 1 heterocycles. The highest BCUT2D eigenvalue weighted by molar-refractivity contribution is 6.34. The van der Waals surface area contributed by atoms with Crippen LogP contribution in [-0.2, 0) is 9.59 Å². The summed E-state index contributed by atoms with van der Waals surface area (Å²) < 4.78 is 0. The summed E-state index contributed by atoms with van der Waals surface area (Å²) in [5.41, 5.74) is 0.609. The van der Waals surface area contributed by atoms with Crippen molar-refractivity contribution < 1.29 is 9.59 Å². The number of piperidine rings is 1. The molecule has 1 atom stereocenters. The first kappa shape index (κ1) is 18.7. The van der Waals surface area contributed by atoms with Gasteiger partial charge in [0.15, 0.2) is 0 Å². The first-order chi connectivity index (χ1) is 9.90. The lowest BCUT2D eigenvalue weighted by molar-refractivity contribution is -0.122. The molecule has 1 fully saturated rings. The van der Waals surface area contributed by atoms with Crippen molar-refractivity contribution in [2.75, 3.05) is 17.2 Å². The van der Waals surface area contributed by atoms with Gasteiger partial charge in [-0.05, 0) is 50.9 Å². The maximum Gasteiger partial charge on any atom is 0.244 e. The number of hydrogen-bond donors (Lipinski definition) is 3. The van der Waals surface area contributed by atoms with Gasteiger partial charge in [0.25, 0.3) is 0 Å². The van der Waals surface area contributed by atoms with Crippen molar-refractivity contribution in [3.63, 3.8) is 0 Å². The van der Waals surface area contributed by atoms with E-state index < -0.39 is 5.54 Å². The molecule has 22 heavy (non-hydrogen) atoms. The molecule has 0 aliphatic carbocycles. The molecule has 1 aromatic carbocycles. The Labute approximate surface area is 141 Å². The zero-order valence-electron chi connectivity index (χ0n) is 12.7. The SMILES string of the molecule is CC(=O)Nc1ccc(NC(=O)C2(C)CCCCN2)cc1Cl.Cl. The summed E-state index contributed by atoms with van der Waals surface area (Å²) in [6, 6.07) is 5.04. The maximum atomic E-state index is 12.4. The molecule has 2 rings (SSSR count). The fourth-order valence-electron chi connectivity index (χ4n) is 2.40. The molecule has 0 spiro atoms. The zero-order valence-corrected chi connectivity index (χ0v) is 14.2. The zero-order chi connectivity index (χ0) is 15.5. The van der Waals surface area contributed by atoms with Crippen molar-refractivity contribution in [1.29, 1.82) is 0 Å². The van der Waals surface area contributed by atoms with Gasteiger partial charge in [-0.2, -0.15) is 0 Å². The number of benzene rings is 1. The van der Waals surface area contributed by atoms with Gasteiger partial charge < -0.3 is 16.0 Å². The molecule has 1 aromatic rings. The molecule has 5 nitrogen and oxygen atoms in total. The van der Waals surface area contributed by atoms with Crippen molar-refractivity contribution in [1.82, 2.24) is 5.32 Å². The highest BCUT2D eigenvalue weighted by Gasteiger charge is 2.34. The van der Waals surface area contributed by atoms with E-state index in [0.29, 0.717) is 16.4 Å². The first-order valence-electron chi connectivity index (χ1n) is 7.04. The number of carbonyl (C=O) groups excluding carboxylic acids is 2. The molecule has 2 amide bonds. The van der Waals surface area contributed by atoms with E-state index in [2.05, 4.69) is 16.0 Å². The van der Waals surface area contributed by atoms with Crippen LogP contribution in [0, 0.1) is 0 Å². The minimum absolute atomic E-state index is 0. The second-order valence-electron chi connectivity index (χ2n) is 5.55. The predicted octanol–water partition coefficient (Wildman–Crippen LogP) is 3.19. The van der Waals surface area contributed by atoms with Gasteiger partial charge in [-0.3, -0.25) is 9.59 Å². The van der Waals surface area contributed by atoms with Crippen LogP contribution in [0.25, 0.3) is 0 Å². The molecule has 0 saturated carbocycles. The number of halogens is 2. The Morgan fingerprint density at radius 2 is 2.00 bits per heavy atom. The summed E-state index contributed by atoms with van der Waals surface area (Å²) >= 11 is 6.10. The van der Waals surface area contributed by atoms with Crippen molar-refractivity contribution in [2.45, 2.75) is 38.6 Å². The molecule has 0 aromatic heterocycles. The van der Waals surface area contributed by atoms with Crippen molar-refractivity contribution >= 4 is 47.2 Å². The second-order valence-corrected chi connectivity index (χ2v) is 5.95. The van der Waals surface area contributed by atoms with Gasteiger partial charge in [0, 0.05) is 12.6 Å². The maximum absolute atomic E-state index is 12.4. The second kappa shape index (κ2) is 7.81. The topological polar surface area (TPSA) is 70.2 Å².